The maximum absolute atomic E-state index is 12.7. The molecule has 0 radical (unpaired) electrons. The van der Waals surface area contributed by atoms with E-state index in [0.717, 1.165) is 16.7 Å². The van der Waals surface area contributed by atoms with Crippen LogP contribution in [0.15, 0.2) is 21.5 Å². The van der Waals surface area contributed by atoms with Gasteiger partial charge in [-0.3, -0.25) is 14.5 Å². The quantitative estimate of drug-likeness (QED) is 0.316. The molecule has 1 aliphatic heterocycles. The summed E-state index contributed by atoms with van der Waals surface area (Å²) in [6.45, 7) is 5.59. The summed E-state index contributed by atoms with van der Waals surface area (Å²) in [6.07, 6.45) is 6.79. The molecule has 1 aliphatic rings. The van der Waals surface area contributed by atoms with E-state index in [9.17, 15) is 14.4 Å². The summed E-state index contributed by atoms with van der Waals surface area (Å²) in [5.41, 5.74) is 0.607. The molecular formula is C20H20BrNO6S. The third-order valence-corrected chi connectivity index (χ3v) is 5.37. The number of rotatable bonds is 8. The first-order valence-electron chi connectivity index (χ1n) is 8.80. The van der Waals surface area contributed by atoms with E-state index in [1.807, 2.05) is 6.92 Å². The molecule has 0 bridgehead atoms. The van der Waals surface area contributed by atoms with E-state index in [-0.39, 0.29) is 18.1 Å². The van der Waals surface area contributed by atoms with E-state index in [2.05, 4.69) is 21.9 Å². The first kappa shape index (κ1) is 22.8. The van der Waals surface area contributed by atoms with Gasteiger partial charge in [-0.2, -0.15) is 0 Å². The lowest BCUT2D eigenvalue weighted by atomic mass is 10.1. The van der Waals surface area contributed by atoms with Crippen LogP contribution in [0.25, 0.3) is 6.08 Å². The van der Waals surface area contributed by atoms with E-state index < -0.39 is 23.2 Å². The van der Waals surface area contributed by atoms with Gasteiger partial charge in [-0.1, -0.05) is 21.9 Å². The van der Waals surface area contributed by atoms with Crippen molar-refractivity contribution in [3.63, 3.8) is 0 Å². The summed E-state index contributed by atoms with van der Waals surface area (Å²) in [5.74, 6) is 2.11. The Morgan fingerprint density at radius 3 is 2.59 bits per heavy atom. The van der Waals surface area contributed by atoms with Gasteiger partial charge in [0, 0.05) is 4.47 Å². The second-order valence-corrected chi connectivity index (χ2v) is 7.57. The number of amides is 2. The number of thioether (sulfide) groups is 1. The number of hydrogen-bond acceptors (Lipinski definition) is 7. The lowest BCUT2D eigenvalue weighted by Crippen LogP contribution is -2.42. The lowest BCUT2D eigenvalue weighted by Gasteiger charge is -2.19. The number of hydrogen-bond donors (Lipinski definition) is 0. The molecule has 2 amide bonds. The van der Waals surface area contributed by atoms with Gasteiger partial charge >= 0.3 is 5.97 Å². The van der Waals surface area contributed by atoms with Gasteiger partial charge < -0.3 is 14.2 Å². The highest BCUT2D eigenvalue weighted by molar-refractivity contribution is 9.10. The Hall–Kier alpha value is -2.44. The topological polar surface area (TPSA) is 82.1 Å². The molecular weight excluding hydrogens is 462 g/mol. The summed E-state index contributed by atoms with van der Waals surface area (Å²) >= 11 is 4.19. The second-order valence-electron chi connectivity index (χ2n) is 5.73. The van der Waals surface area contributed by atoms with Crippen LogP contribution in [0.5, 0.6) is 11.5 Å². The average Bonchev–Trinajstić information content (AvgIpc) is 2.96. The number of terminal acetylenes is 1. The smallest absolute Gasteiger partial charge is 0.329 e. The molecule has 7 nitrogen and oxygen atoms in total. The van der Waals surface area contributed by atoms with Crippen LogP contribution in [0.1, 0.15) is 26.3 Å². The Morgan fingerprint density at radius 2 is 1.97 bits per heavy atom. The highest BCUT2D eigenvalue weighted by Crippen LogP contribution is 2.38. The van der Waals surface area contributed by atoms with E-state index in [4.69, 9.17) is 20.6 Å². The molecule has 0 unspecified atom stereocenters. The predicted molar refractivity (Wildman–Crippen MR) is 114 cm³/mol. The van der Waals surface area contributed by atoms with Crippen molar-refractivity contribution in [2.75, 3.05) is 19.8 Å². The largest absolute Gasteiger partial charge is 0.490 e. The fraction of sp³-hybridized carbons (Fsp3) is 0.350. The summed E-state index contributed by atoms with van der Waals surface area (Å²) in [6, 6.07) is 2.36. The maximum atomic E-state index is 12.7. The van der Waals surface area contributed by atoms with Gasteiger partial charge in [0.05, 0.1) is 18.1 Å². The van der Waals surface area contributed by atoms with Crippen molar-refractivity contribution in [1.82, 2.24) is 4.90 Å². The number of carbonyl (C=O) groups excluding carboxylic acids is 3. The normalized spacial score (nSPS) is 16.0. The molecule has 0 aliphatic carbocycles. The number of esters is 1. The number of carbonyl (C=O) groups is 3. The Kier molecular flexibility index (Phi) is 8.17. The number of benzene rings is 1. The van der Waals surface area contributed by atoms with Crippen molar-refractivity contribution in [1.29, 1.82) is 0 Å². The predicted octanol–water partition coefficient (Wildman–Crippen LogP) is 3.85. The molecule has 0 aromatic heterocycles. The number of halogens is 1. The van der Waals surface area contributed by atoms with Gasteiger partial charge in [-0.05, 0) is 56.3 Å². The molecule has 2 rings (SSSR count). The molecule has 1 aromatic carbocycles. The fourth-order valence-electron chi connectivity index (χ4n) is 2.49. The SMILES string of the molecule is C#CCOc1cc(Br)c(/C=C2/SC(=O)N([C@@H](C)C(=O)OCC)C2=O)cc1OCC. The van der Waals surface area contributed by atoms with Crippen LogP contribution in [-0.4, -0.2) is 47.9 Å². The molecule has 0 saturated carbocycles. The minimum absolute atomic E-state index is 0.0799. The fourth-order valence-corrected chi connectivity index (χ4v) is 3.82. The maximum Gasteiger partial charge on any atom is 0.329 e. The van der Waals surface area contributed by atoms with E-state index in [1.54, 1.807) is 25.1 Å². The number of ether oxygens (including phenoxy) is 3. The Morgan fingerprint density at radius 1 is 1.28 bits per heavy atom. The monoisotopic (exact) mass is 481 g/mol. The summed E-state index contributed by atoms with van der Waals surface area (Å²) in [7, 11) is 0. The van der Waals surface area contributed by atoms with Crippen molar-refractivity contribution in [3.05, 3.63) is 27.1 Å². The molecule has 29 heavy (non-hydrogen) atoms. The van der Waals surface area contributed by atoms with Gasteiger partial charge in [0.1, 0.15) is 12.6 Å². The van der Waals surface area contributed by atoms with Crippen molar-refractivity contribution in [2.24, 2.45) is 0 Å². The van der Waals surface area contributed by atoms with Crippen molar-refractivity contribution >= 4 is 50.9 Å². The summed E-state index contributed by atoms with van der Waals surface area (Å²) in [5, 5.41) is -0.531. The van der Waals surface area contributed by atoms with Gasteiger partial charge in [0.15, 0.2) is 11.5 Å². The van der Waals surface area contributed by atoms with Crippen LogP contribution in [0, 0.1) is 12.3 Å². The van der Waals surface area contributed by atoms with Crippen LogP contribution in [-0.2, 0) is 14.3 Å². The van der Waals surface area contributed by atoms with Gasteiger partial charge in [-0.25, -0.2) is 4.79 Å². The molecule has 0 N–H and O–H groups in total. The molecule has 1 fully saturated rings. The van der Waals surface area contributed by atoms with Gasteiger partial charge in [0.2, 0.25) is 0 Å². The minimum atomic E-state index is -1.00. The summed E-state index contributed by atoms with van der Waals surface area (Å²) in [4.78, 5) is 38.0. The van der Waals surface area contributed by atoms with E-state index in [1.165, 1.54) is 6.92 Å². The molecule has 1 aromatic rings. The Balaban J connectivity index is 2.35. The Bertz CT molecular complexity index is 892. The first-order chi connectivity index (χ1) is 13.8. The lowest BCUT2D eigenvalue weighted by molar-refractivity contribution is -0.150. The summed E-state index contributed by atoms with van der Waals surface area (Å²) < 4.78 is 16.6. The van der Waals surface area contributed by atoms with Crippen LogP contribution in [0.2, 0.25) is 0 Å². The van der Waals surface area contributed by atoms with Crippen LogP contribution >= 0.6 is 27.7 Å². The average molecular weight is 482 g/mol. The minimum Gasteiger partial charge on any atom is -0.490 e. The molecule has 1 saturated heterocycles. The molecule has 0 spiro atoms. The van der Waals surface area contributed by atoms with Crippen LogP contribution in [0.4, 0.5) is 4.79 Å². The number of nitrogens with zero attached hydrogens (tertiary/aromatic N) is 1. The number of imide groups is 1. The zero-order chi connectivity index (χ0) is 21.6. The zero-order valence-corrected chi connectivity index (χ0v) is 18.6. The molecule has 1 heterocycles. The van der Waals surface area contributed by atoms with Crippen molar-refractivity contribution in [2.45, 2.75) is 26.8 Å². The highest BCUT2D eigenvalue weighted by Gasteiger charge is 2.41. The van der Waals surface area contributed by atoms with Gasteiger partial charge in [-0.15, -0.1) is 6.42 Å². The standard InChI is InChI=1S/C20H20BrNO6S/c1-5-8-28-16-11-14(21)13(9-15(16)26-6-2)10-17-18(23)22(20(25)29-17)12(4)19(24)27-7-3/h1,9-12H,6-8H2,2-4H3/b17-10+/t12-/m0/s1. The van der Waals surface area contributed by atoms with Crippen molar-refractivity contribution < 1.29 is 28.6 Å². The van der Waals surface area contributed by atoms with Crippen LogP contribution in [0.3, 0.4) is 0 Å². The van der Waals surface area contributed by atoms with E-state index >= 15 is 0 Å². The van der Waals surface area contributed by atoms with E-state index in [0.29, 0.717) is 28.1 Å². The first-order valence-corrected chi connectivity index (χ1v) is 10.4. The third kappa shape index (κ3) is 5.34. The van der Waals surface area contributed by atoms with Gasteiger partial charge in [0.25, 0.3) is 11.1 Å². The molecule has 1 atom stereocenters. The second kappa shape index (κ2) is 10.4. The zero-order valence-electron chi connectivity index (χ0n) is 16.2. The highest BCUT2D eigenvalue weighted by atomic mass is 79.9. The molecule has 9 heteroatoms. The third-order valence-electron chi connectivity index (χ3n) is 3.80. The van der Waals surface area contributed by atoms with Crippen molar-refractivity contribution in [3.8, 4) is 23.8 Å². The molecule has 154 valence electrons. The Labute approximate surface area is 181 Å². The van der Waals surface area contributed by atoms with Crippen LogP contribution < -0.4 is 9.47 Å².